The maximum atomic E-state index is 12.3. The smallest absolute Gasteiger partial charge is 0.347 e. The summed E-state index contributed by atoms with van der Waals surface area (Å²) in [7, 11) is 0. The highest BCUT2D eigenvalue weighted by molar-refractivity contribution is 6.37. The second-order valence-corrected chi connectivity index (χ2v) is 9.31. The van der Waals surface area contributed by atoms with Gasteiger partial charge in [-0.25, -0.2) is 9.89 Å². The Morgan fingerprint density at radius 2 is 1.88 bits per heavy atom. The SMILES string of the molecule is C=C1NC(=O)N(c2cc(Cl)c(Oc3cc(C4CC5(CCC5)C4)c(=O)[nH]n3)c(Cl)c2)N=C1N. The molecular formula is C21H20Cl2N6O3. The molecule has 3 aliphatic rings. The first-order valence-corrected chi connectivity index (χ1v) is 10.9. The number of H-pyrrole nitrogens is 1. The summed E-state index contributed by atoms with van der Waals surface area (Å²) in [5.74, 6) is 0.584. The van der Waals surface area contributed by atoms with Crippen molar-refractivity contribution < 1.29 is 9.53 Å². The summed E-state index contributed by atoms with van der Waals surface area (Å²) in [4.78, 5) is 24.5. The lowest BCUT2D eigenvalue weighted by molar-refractivity contribution is 0.00843. The molecule has 2 heterocycles. The number of hydrogen-bond acceptors (Lipinski definition) is 6. The van der Waals surface area contributed by atoms with Gasteiger partial charge in [0.25, 0.3) is 5.56 Å². The van der Waals surface area contributed by atoms with Crippen molar-refractivity contribution in [1.29, 1.82) is 0 Å². The molecule has 1 aliphatic heterocycles. The maximum absolute atomic E-state index is 12.3. The number of nitrogens with zero attached hydrogens (tertiary/aromatic N) is 3. The van der Waals surface area contributed by atoms with Crippen molar-refractivity contribution in [3.63, 3.8) is 0 Å². The molecular weight excluding hydrogens is 455 g/mol. The number of hydrogen-bond donors (Lipinski definition) is 3. The molecule has 2 saturated carbocycles. The molecule has 0 atom stereocenters. The summed E-state index contributed by atoms with van der Waals surface area (Å²) < 4.78 is 5.82. The van der Waals surface area contributed by atoms with E-state index in [-0.39, 0.29) is 50.4 Å². The minimum Gasteiger partial charge on any atom is -0.434 e. The van der Waals surface area contributed by atoms with Crippen molar-refractivity contribution in [3.05, 3.63) is 56.4 Å². The number of amides is 2. The maximum Gasteiger partial charge on any atom is 0.347 e. The topological polar surface area (TPSA) is 126 Å². The minimum absolute atomic E-state index is 0.0572. The summed E-state index contributed by atoms with van der Waals surface area (Å²) in [5, 5.41) is 14.2. The van der Waals surface area contributed by atoms with E-state index in [1.807, 2.05) is 0 Å². The van der Waals surface area contributed by atoms with Crippen LogP contribution >= 0.6 is 23.2 Å². The number of aromatic amines is 1. The van der Waals surface area contributed by atoms with Gasteiger partial charge >= 0.3 is 6.03 Å². The van der Waals surface area contributed by atoms with Crippen LogP contribution in [0.1, 0.15) is 43.6 Å². The van der Waals surface area contributed by atoms with Crippen LogP contribution in [-0.2, 0) is 0 Å². The molecule has 2 aromatic rings. The molecule has 1 aromatic carbocycles. The Morgan fingerprint density at radius 3 is 2.50 bits per heavy atom. The van der Waals surface area contributed by atoms with Crippen molar-refractivity contribution in [2.45, 2.75) is 38.0 Å². The summed E-state index contributed by atoms with van der Waals surface area (Å²) in [6.45, 7) is 3.60. The highest BCUT2D eigenvalue weighted by Crippen LogP contribution is 2.61. The van der Waals surface area contributed by atoms with Crippen LogP contribution in [0.2, 0.25) is 10.0 Å². The predicted octanol–water partition coefficient (Wildman–Crippen LogP) is 4.23. The summed E-state index contributed by atoms with van der Waals surface area (Å²) in [6.07, 6.45) is 5.79. The fraction of sp³-hybridized carbons (Fsp3) is 0.333. The number of amidine groups is 1. The Balaban J connectivity index is 1.39. The normalized spacial score (nSPS) is 19.8. The number of ether oxygens (including phenoxy) is 1. The van der Waals surface area contributed by atoms with Gasteiger partial charge in [-0.15, -0.1) is 10.2 Å². The first kappa shape index (κ1) is 20.8. The first-order valence-electron chi connectivity index (χ1n) is 10.2. The molecule has 2 fully saturated rings. The van der Waals surface area contributed by atoms with Gasteiger partial charge in [0.15, 0.2) is 11.6 Å². The number of urea groups is 1. The molecule has 9 nitrogen and oxygen atoms in total. The van der Waals surface area contributed by atoms with Crippen LogP contribution in [0.4, 0.5) is 10.5 Å². The summed E-state index contributed by atoms with van der Waals surface area (Å²) >= 11 is 12.8. The average Bonchev–Trinajstić information content (AvgIpc) is 2.67. The number of nitrogens with one attached hydrogen (secondary N) is 2. The van der Waals surface area contributed by atoms with E-state index in [1.165, 1.54) is 31.4 Å². The van der Waals surface area contributed by atoms with E-state index in [1.54, 1.807) is 6.07 Å². The molecule has 5 rings (SSSR count). The third kappa shape index (κ3) is 3.51. The summed E-state index contributed by atoms with van der Waals surface area (Å²) in [5.41, 5.74) is 7.11. The minimum atomic E-state index is -0.554. The Morgan fingerprint density at radius 1 is 1.19 bits per heavy atom. The van der Waals surface area contributed by atoms with Gasteiger partial charge in [0.2, 0.25) is 5.88 Å². The lowest BCUT2D eigenvalue weighted by Crippen LogP contribution is -2.45. The molecule has 2 aliphatic carbocycles. The molecule has 11 heteroatoms. The second-order valence-electron chi connectivity index (χ2n) is 8.50. The monoisotopic (exact) mass is 474 g/mol. The number of carbonyl (C=O) groups excluding carboxylic acids is 1. The molecule has 0 unspecified atom stereocenters. The van der Waals surface area contributed by atoms with Crippen molar-refractivity contribution in [3.8, 4) is 11.6 Å². The number of benzene rings is 1. The zero-order valence-corrected chi connectivity index (χ0v) is 18.5. The van der Waals surface area contributed by atoms with Gasteiger partial charge in [-0.3, -0.25) is 4.79 Å². The molecule has 0 saturated heterocycles. The van der Waals surface area contributed by atoms with Gasteiger partial charge in [-0.2, -0.15) is 5.01 Å². The van der Waals surface area contributed by atoms with Crippen LogP contribution in [-0.4, -0.2) is 22.1 Å². The molecule has 4 N–H and O–H groups in total. The van der Waals surface area contributed by atoms with Gasteiger partial charge in [0.05, 0.1) is 21.4 Å². The van der Waals surface area contributed by atoms with Gasteiger partial charge < -0.3 is 15.8 Å². The van der Waals surface area contributed by atoms with Gasteiger partial charge in [0, 0.05) is 11.6 Å². The first-order chi connectivity index (χ1) is 15.2. The zero-order valence-electron chi connectivity index (χ0n) is 17.0. The largest absolute Gasteiger partial charge is 0.434 e. The highest BCUT2D eigenvalue weighted by atomic mass is 35.5. The molecule has 2 amide bonds. The van der Waals surface area contributed by atoms with Crippen LogP contribution in [0.15, 0.2) is 40.4 Å². The van der Waals surface area contributed by atoms with Crippen molar-refractivity contribution >= 4 is 40.8 Å². The van der Waals surface area contributed by atoms with Crippen LogP contribution in [0.3, 0.4) is 0 Å². The second kappa shape index (κ2) is 7.53. The summed E-state index contributed by atoms with van der Waals surface area (Å²) in [6, 6.07) is 4.02. The van der Waals surface area contributed by atoms with Crippen LogP contribution in [0.5, 0.6) is 11.6 Å². The van der Waals surface area contributed by atoms with Crippen molar-refractivity contribution in [2.24, 2.45) is 16.3 Å². The molecule has 1 spiro atoms. The molecule has 32 heavy (non-hydrogen) atoms. The van der Waals surface area contributed by atoms with Gasteiger partial charge in [-0.05, 0) is 49.1 Å². The Hall–Kier alpha value is -3.04. The van der Waals surface area contributed by atoms with Crippen LogP contribution < -0.4 is 26.4 Å². The third-order valence-corrected chi connectivity index (χ3v) is 6.98. The predicted molar refractivity (Wildman–Crippen MR) is 121 cm³/mol. The number of halogens is 2. The molecule has 1 aromatic heterocycles. The standard InChI is InChI=1S/C21H20Cl2N6O3/c1-10-18(24)28-29(20(31)25-10)12-5-14(22)17(15(23)6-12)32-16-7-13(19(30)27-26-16)11-8-21(9-11)3-2-4-21/h5-7,11H,1-4,8-9H2,(H2,24,28)(H,25,31)(H,27,30). The van der Waals surface area contributed by atoms with Crippen LogP contribution in [0, 0.1) is 5.41 Å². The Kier molecular flexibility index (Phi) is 4.90. The fourth-order valence-electron chi connectivity index (χ4n) is 4.55. The van der Waals surface area contributed by atoms with E-state index in [0.717, 1.165) is 17.9 Å². The Labute approximate surface area is 193 Å². The van der Waals surface area contributed by atoms with E-state index < -0.39 is 6.03 Å². The number of anilines is 1. The van der Waals surface area contributed by atoms with E-state index in [0.29, 0.717) is 11.0 Å². The van der Waals surface area contributed by atoms with Gasteiger partial charge in [0.1, 0.15) is 0 Å². The van der Waals surface area contributed by atoms with Gasteiger partial charge in [-0.1, -0.05) is 36.2 Å². The third-order valence-electron chi connectivity index (χ3n) is 6.42. The molecule has 0 radical (unpaired) electrons. The number of carbonyl (C=O) groups is 1. The lowest BCUT2D eigenvalue weighted by atomic mass is 9.51. The Bertz CT molecular complexity index is 1210. The fourth-order valence-corrected chi connectivity index (χ4v) is 5.11. The van der Waals surface area contributed by atoms with Crippen molar-refractivity contribution in [2.75, 3.05) is 5.01 Å². The quantitative estimate of drug-likeness (QED) is 0.610. The van der Waals surface area contributed by atoms with Crippen molar-refractivity contribution in [1.82, 2.24) is 15.5 Å². The number of nitrogens with two attached hydrogens (primary N) is 1. The average molecular weight is 475 g/mol. The highest BCUT2D eigenvalue weighted by Gasteiger charge is 2.49. The number of aromatic nitrogens is 2. The molecule has 0 bridgehead atoms. The van der Waals surface area contributed by atoms with E-state index in [9.17, 15) is 9.59 Å². The number of rotatable bonds is 4. The van der Waals surface area contributed by atoms with Crippen LogP contribution in [0.25, 0.3) is 0 Å². The lowest BCUT2D eigenvalue weighted by Gasteiger charge is -2.54. The number of hydrazone groups is 1. The van der Waals surface area contributed by atoms with E-state index >= 15 is 0 Å². The molecule has 166 valence electrons. The zero-order chi connectivity index (χ0) is 22.6. The van der Waals surface area contributed by atoms with E-state index in [4.69, 9.17) is 33.7 Å². The van der Waals surface area contributed by atoms with E-state index in [2.05, 4.69) is 27.2 Å².